The van der Waals surface area contributed by atoms with Crippen LogP contribution in [0.25, 0.3) is 0 Å². The lowest BCUT2D eigenvalue weighted by Gasteiger charge is -2.10. The van der Waals surface area contributed by atoms with E-state index in [0.29, 0.717) is 5.56 Å². The van der Waals surface area contributed by atoms with E-state index in [1.54, 1.807) is 30.3 Å². The molecular weight excluding hydrogens is 316 g/mol. The van der Waals surface area contributed by atoms with Crippen LogP contribution in [0.5, 0.6) is 5.75 Å². The number of anilines is 1. The lowest BCUT2D eigenvalue weighted by Crippen LogP contribution is -2.21. The molecule has 8 nitrogen and oxygen atoms in total. The zero-order valence-electron chi connectivity index (χ0n) is 12.7. The molecule has 2 rings (SSSR count). The molecule has 0 radical (unpaired) electrons. The van der Waals surface area contributed by atoms with E-state index in [2.05, 4.69) is 5.32 Å². The first-order valence-electron chi connectivity index (χ1n) is 6.85. The summed E-state index contributed by atoms with van der Waals surface area (Å²) >= 11 is 0. The highest BCUT2D eigenvalue weighted by Gasteiger charge is 2.15. The van der Waals surface area contributed by atoms with E-state index in [1.807, 2.05) is 0 Å². The summed E-state index contributed by atoms with van der Waals surface area (Å²) in [5.41, 5.74) is 0.234. The van der Waals surface area contributed by atoms with Crippen molar-refractivity contribution >= 4 is 23.3 Å². The zero-order valence-corrected chi connectivity index (χ0v) is 12.7. The molecule has 0 atom stereocenters. The van der Waals surface area contributed by atoms with Crippen molar-refractivity contribution in [2.45, 2.75) is 0 Å². The van der Waals surface area contributed by atoms with Crippen molar-refractivity contribution in [1.82, 2.24) is 0 Å². The second-order valence-electron chi connectivity index (χ2n) is 4.63. The van der Waals surface area contributed by atoms with Gasteiger partial charge in [-0.05, 0) is 18.2 Å². The molecule has 0 aliphatic carbocycles. The van der Waals surface area contributed by atoms with Crippen LogP contribution < -0.4 is 10.1 Å². The summed E-state index contributed by atoms with van der Waals surface area (Å²) in [6.45, 7) is -0.528. The van der Waals surface area contributed by atoms with Gasteiger partial charge in [0.15, 0.2) is 6.61 Å². The summed E-state index contributed by atoms with van der Waals surface area (Å²) in [5, 5.41) is 13.2. The molecule has 0 aromatic heterocycles. The van der Waals surface area contributed by atoms with Crippen LogP contribution in [-0.2, 0) is 9.53 Å². The number of carbonyl (C=O) groups excluding carboxylic acids is 2. The maximum atomic E-state index is 11.9. The highest BCUT2D eigenvalue weighted by molar-refractivity contribution is 5.96. The molecule has 0 fully saturated rings. The summed E-state index contributed by atoms with van der Waals surface area (Å²) < 4.78 is 9.92. The number of non-ortho nitro benzene ring substituents is 1. The Kier molecular flexibility index (Phi) is 5.45. The van der Waals surface area contributed by atoms with E-state index in [0.717, 1.165) is 6.07 Å². The van der Waals surface area contributed by atoms with Gasteiger partial charge in [0.1, 0.15) is 5.75 Å². The molecule has 1 amide bonds. The molecule has 1 N–H and O–H groups in total. The Bertz CT molecular complexity index is 760. The minimum Gasteiger partial charge on any atom is -0.495 e. The fourth-order valence-corrected chi connectivity index (χ4v) is 1.88. The predicted octanol–water partition coefficient (Wildman–Crippen LogP) is 2.40. The maximum Gasteiger partial charge on any atom is 0.338 e. The lowest BCUT2D eigenvalue weighted by atomic mass is 10.2. The Hall–Kier alpha value is -3.42. The first-order chi connectivity index (χ1) is 11.5. The number of esters is 1. The van der Waals surface area contributed by atoms with Crippen LogP contribution in [-0.4, -0.2) is 30.5 Å². The molecule has 0 bridgehead atoms. The van der Waals surface area contributed by atoms with Gasteiger partial charge in [0, 0.05) is 12.1 Å². The van der Waals surface area contributed by atoms with Gasteiger partial charge in [0.25, 0.3) is 11.6 Å². The van der Waals surface area contributed by atoms with E-state index in [9.17, 15) is 19.7 Å². The summed E-state index contributed by atoms with van der Waals surface area (Å²) in [4.78, 5) is 33.8. The Labute approximate surface area is 137 Å². The van der Waals surface area contributed by atoms with E-state index in [-0.39, 0.29) is 17.1 Å². The van der Waals surface area contributed by atoms with Crippen molar-refractivity contribution in [3.63, 3.8) is 0 Å². The SMILES string of the molecule is COc1ccc([N+](=O)[O-])cc1NC(=O)COC(=O)c1ccccc1. The minimum atomic E-state index is -0.642. The number of benzene rings is 2. The Morgan fingerprint density at radius 3 is 2.50 bits per heavy atom. The third kappa shape index (κ3) is 4.29. The van der Waals surface area contributed by atoms with Crippen LogP contribution in [0.4, 0.5) is 11.4 Å². The molecule has 24 heavy (non-hydrogen) atoms. The molecule has 8 heteroatoms. The van der Waals surface area contributed by atoms with Crippen LogP contribution in [0.3, 0.4) is 0 Å². The normalized spacial score (nSPS) is 9.88. The first-order valence-corrected chi connectivity index (χ1v) is 6.85. The second kappa shape index (κ2) is 7.73. The predicted molar refractivity (Wildman–Crippen MR) is 85.0 cm³/mol. The molecular formula is C16H14N2O6. The average molecular weight is 330 g/mol. The summed E-state index contributed by atoms with van der Waals surface area (Å²) in [5.74, 6) is -1.03. The molecule has 0 aliphatic rings. The first kappa shape index (κ1) is 16.9. The zero-order chi connectivity index (χ0) is 17.5. The topological polar surface area (TPSA) is 108 Å². The summed E-state index contributed by atoms with van der Waals surface area (Å²) in [6, 6.07) is 12.0. The minimum absolute atomic E-state index is 0.118. The molecule has 0 aliphatic heterocycles. The average Bonchev–Trinajstić information content (AvgIpc) is 2.60. The number of methoxy groups -OCH3 is 1. The van der Waals surface area contributed by atoms with E-state index < -0.39 is 23.4 Å². The number of amides is 1. The van der Waals surface area contributed by atoms with Crippen molar-refractivity contribution in [1.29, 1.82) is 0 Å². The van der Waals surface area contributed by atoms with Crippen LogP contribution in [0.2, 0.25) is 0 Å². The maximum absolute atomic E-state index is 11.9. The van der Waals surface area contributed by atoms with E-state index >= 15 is 0 Å². The number of nitro groups is 1. The monoisotopic (exact) mass is 330 g/mol. The van der Waals surface area contributed by atoms with Crippen LogP contribution >= 0.6 is 0 Å². The third-order valence-electron chi connectivity index (χ3n) is 3.01. The molecule has 124 valence electrons. The Morgan fingerprint density at radius 1 is 1.17 bits per heavy atom. The van der Waals surface area contributed by atoms with Crippen molar-refractivity contribution in [3.8, 4) is 5.75 Å². The van der Waals surface area contributed by atoms with Gasteiger partial charge in [-0.25, -0.2) is 4.79 Å². The van der Waals surface area contributed by atoms with E-state index in [4.69, 9.17) is 9.47 Å². The Balaban J connectivity index is 2.00. The fourth-order valence-electron chi connectivity index (χ4n) is 1.88. The summed E-state index contributed by atoms with van der Waals surface area (Å²) in [7, 11) is 1.37. The number of hydrogen-bond donors (Lipinski definition) is 1. The largest absolute Gasteiger partial charge is 0.495 e. The van der Waals surface area contributed by atoms with Gasteiger partial charge in [-0.1, -0.05) is 18.2 Å². The van der Waals surface area contributed by atoms with Crippen molar-refractivity contribution < 1.29 is 24.0 Å². The lowest BCUT2D eigenvalue weighted by molar-refractivity contribution is -0.384. The second-order valence-corrected chi connectivity index (χ2v) is 4.63. The number of ether oxygens (including phenoxy) is 2. The molecule has 0 heterocycles. The number of rotatable bonds is 6. The highest BCUT2D eigenvalue weighted by Crippen LogP contribution is 2.28. The number of hydrogen-bond acceptors (Lipinski definition) is 6. The van der Waals surface area contributed by atoms with Crippen molar-refractivity contribution in [2.24, 2.45) is 0 Å². The third-order valence-corrected chi connectivity index (χ3v) is 3.01. The molecule has 0 unspecified atom stereocenters. The number of nitrogens with zero attached hydrogens (tertiary/aromatic N) is 1. The van der Waals surface area contributed by atoms with Crippen molar-refractivity contribution in [2.75, 3.05) is 19.0 Å². The highest BCUT2D eigenvalue weighted by atomic mass is 16.6. The van der Waals surface area contributed by atoms with Crippen molar-refractivity contribution in [3.05, 3.63) is 64.2 Å². The van der Waals surface area contributed by atoms with E-state index in [1.165, 1.54) is 19.2 Å². The fraction of sp³-hybridized carbons (Fsp3) is 0.125. The van der Waals surface area contributed by atoms with Gasteiger partial charge in [-0.15, -0.1) is 0 Å². The van der Waals surface area contributed by atoms with Gasteiger partial charge >= 0.3 is 5.97 Å². The Morgan fingerprint density at radius 2 is 1.88 bits per heavy atom. The van der Waals surface area contributed by atoms with Crippen LogP contribution in [0.1, 0.15) is 10.4 Å². The number of nitrogens with one attached hydrogen (secondary N) is 1. The molecule has 2 aromatic carbocycles. The molecule has 2 aromatic rings. The quantitative estimate of drug-likeness (QED) is 0.495. The smallest absolute Gasteiger partial charge is 0.338 e. The van der Waals surface area contributed by atoms with Gasteiger partial charge < -0.3 is 14.8 Å². The van der Waals surface area contributed by atoms with Crippen LogP contribution in [0.15, 0.2) is 48.5 Å². The summed E-state index contributed by atoms with van der Waals surface area (Å²) in [6.07, 6.45) is 0. The van der Waals surface area contributed by atoms with Gasteiger partial charge in [-0.3, -0.25) is 14.9 Å². The van der Waals surface area contributed by atoms with Gasteiger partial charge in [0.2, 0.25) is 0 Å². The number of carbonyl (C=O) groups is 2. The van der Waals surface area contributed by atoms with Gasteiger partial charge in [0.05, 0.1) is 23.3 Å². The molecule has 0 saturated carbocycles. The molecule has 0 spiro atoms. The number of nitro benzene ring substituents is 1. The standard InChI is InChI=1S/C16H14N2O6/c1-23-14-8-7-12(18(21)22)9-13(14)17-15(19)10-24-16(20)11-5-3-2-4-6-11/h2-9H,10H2,1H3,(H,17,19). The van der Waals surface area contributed by atoms with Crippen LogP contribution in [0, 0.1) is 10.1 Å². The van der Waals surface area contributed by atoms with Gasteiger partial charge in [-0.2, -0.15) is 0 Å². The molecule has 0 saturated heterocycles.